The van der Waals surface area contributed by atoms with Crippen LogP contribution in [0.3, 0.4) is 0 Å². The Morgan fingerprint density at radius 3 is 2.92 bits per heavy atom. The van der Waals surface area contributed by atoms with Crippen molar-refractivity contribution < 1.29 is 5.11 Å². The molecule has 0 bridgehead atoms. The van der Waals surface area contributed by atoms with Gasteiger partial charge in [0.1, 0.15) is 6.33 Å². The van der Waals surface area contributed by atoms with Crippen LogP contribution in [0, 0.1) is 0 Å². The number of nitrogens with zero attached hydrogens (tertiary/aromatic N) is 2. The Kier molecular flexibility index (Phi) is 1.78. The maximum atomic E-state index is 9.74. The average molecular weight is 165 g/mol. The lowest BCUT2D eigenvalue weighted by atomic mass is 9.91. The van der Waals surface area contributed by atoms with E-state index in [-0.39, 0.29) is 0 Å². The van der Waals surface area contributed by atoms with Crippen LogP contribution >= 0.6 is 0 Å². The number of β-amino-alcohol motifs (C(OH)–C–C–N with tert-alkyl or cyclic N) is 1. The number of aliphatic hydroxyl groups is 1. The number of rotatable bonds is 2. The SMILES string of the molecule is OC1(Cc2ccncn2)CNC1. The van der Waals surface area contributed by atoms with Crippen LogP contribution < -0.4 is 5.32 Å². The molecule has 4 nitrogen and oxygen atoms in total. The molecule has 0 atom stereocenters. The first-order valence-corrected chi connectivity index (χ1v) is 3.97. The molecule has 1 aliphatic rings. The zero-order valence-electron chi connectivity index (χ0n) is 6.70. The molecule has 1 saturated heterocycles. The minimum Gasteiger partial charge on any atom is -0.387 e. The van der Waals surface area contributed by atoms with E-state index >= 15 is 0 Å². The molecule has 4 heteroatoms. The van der Waals surface area contributed by atoms with Gasteiger partial charge in [0, 0.05) is 31.4 Å². The maximum Gasteiger partial charge on any atom is 0.115 e. The van der Waals surface area contributed by atoms with E-state index in [1.54, 1.807) is 6.20 Å². The summed E-state index contributed by atoms with van der Waals surface area (Å²) in [6, 6.07) is 1.83. The topological polar surface area (TPSA) is 58.0 Å². The van der Waals surface area contributed by atoms with Crippen LogP contribution in [-0.2, 0) is 6.42 Å². The first-order chi connectivity index (χ1) is 5.79. The predicted molar refractivity (Wildman–Crippen MR) is 43.6 cm³/mol. The molecule has 0 unspecified atom stereocenters. The van der Waals surface area contributed by atoms with Gasteiger partial charge in [-0.2, -0.15) is 0 Å². The lowest BCUT2D eigenvalue weighted by Gasteiger charge is -2.37. The highest BCUT2D eigenvalue weighted by atomic mass is 16.3. The first-order valence-electron chi connectivity index (χ1n) is 3.97. The number of aromatic nitrogens is 2. The molecule has 1 aromatic rings. The van der Waals surface area contributed by atoms with E-state index in [9.17, 15) is 5.11 Å². The Labute approximate surface area is 70.7 Å². The first kappa shape index (κ1) is 7.64. The van der Waals surface area contributed by atoms with Crippen molar-refractivity contribution in [1.82, 2.24) is 15.3 Å². The average Bonchev–Trinajstić information content (AvgIpc) is 2.04. The van der Waals surface area contributed by atoms with E-state index in [1.165, 1.54) is 6.33 Å². The molecule has 0 spiro atoms. The third-order valence-electron chi connectivity index (χ3n) is 2.06. The molecular weight excluding hydrogens is 154 g/mol. The standard InChI is InChI=1S/C8H11N3O/c12-8(4-10-5-8)3-7-1-2-9-6-11-7/h1-2,6,10,12H,3-5H2. The lowest BCUT2D eigenvalue weighted by molar-refractivity contribution is -0.00983. The molecule has 12 heavy (non-hydrogen) atoms. The third-order valence-corrected chi connectivity index (χ3v) is 2.06. The minimum atomic E-state index is -0.575. The second-order valence-electron chi connectivity index (χ2n) is 3.21. The van der Waals surface area contributed by atoms with Gasteiger partial charge in [-0.1, -0.05) is 0 Å². The molecule has 0 amide bonds. The molecule has 0 aliphatic carbocycles. The third kappa shape index (κ3) is 1.44. The zero-order chi connectivity index (χ0) is 8.44. The van der Waals surface area contributed by atoms with Crippen LogP contribution in [0.25, 0.3) is 0 Å². The summed E-state index contributed by atoms with van der Waals surface area (Å²) in [5.41, 5.74) is 0.322. The predicted octanol–water partition coefficient (Wildman–Crippen LogP) is -0.647. The van der Waals surface area contributed by atoms with Crippen molar-refractivity contribution in [3.8, 4) is 0 Å². The van der Waals surface area contributed by atoms with Gasteiger partial charge in [-0.3, -0.25) is 0 Å². The molecule has 2 rings (SSSR count). The van der Waals surface area contributed by atoms with Gasteiger partial charge in [0.15, 0.2) is 0 Å². The van der Waals surface area contributed by atoms with Gasteiger partial charge < -0.3 is 10.4 Å². The van der Waals surface area contributed by atoms with E-state index < -0.39 is 5.60 Å². The Morgan fingerprint density at radius 2 is 2.42 bits per heavy atom. The van der Waals surface area contributed by atoms with Crippen molar-refractivity contribution in [3.63, 3.8) is 0 Å². The largest absolute Gasteiger partial charge is 0.387 e. The molecular formula is C8H11N3O. The fraction of sp³-hybridized carbons (Fsp3) is 0.500. The van der Waals surface area contributed by atoms with Gasteiger partial charge in [-0.05, 0) is 6.07 Å². The normalized spacial score (nSPS) is 20.1. The second kappa shape index (κ2) is 2.80. The van der Waals surface area contributed by atoms with Crippen LogP contribution in [0.4, 0.5) is 0 Å². The molecule has 1 aromatic heterocycles. The highest BCUT2D eigenvalue weighted by molar-refractivity contribution is 5.07. The Hall–Kier alpha value is -1.00. The molecule has 0 radical (unpaired) electrons. The van der Waals surface area contributed by atoms with E-state index in [1.807, 2.05) is 6.07 Å². The summed E-state index contributed by atoms with van der Waals surface area (Å²) in [6.07, 6.45) is 3.81. The van der Waals surface area contributed by atoms with Crippen molar-refractivity contribution in [2.24, 2.45) is 0 Å². The van der Waals surface area contributed by atoms with Crippen molar-refractivity contribution in [1.29, 1.82) is 0 Å². The van der Waals surface area contributed by atoms with E-state index in [0.29, 0.717) is 19.5 Å². The summed E-state index contributed by atoms with van der Waals surface area (Å²) in [4.78, 5) is 7.86. The van der Waals surface area contributed by atoms with Gasteiger partial charge in [0.2, 0.25) is 0 Å². The van der Waals surface area contributed by atoms with Gasteiger partial charge >= 0.3 is 0 Å². The Balaban J connectivity index is 2.04. The molecule has 64 valence electrons. The second-order valence-corrected chi connectivity index (χ2v) is 3.21. The molecule has 2 N–H and O–H groups in total. The maximum absolute atomic E-state index is 9.74. The van der Waals surface area contributed by atoms with Gasteiger partial charge in [0.25, 0.3) is 0 Å². The fourth-order valence-electron chi connectivity index (χ4n) is 1.30. The van der Waals surface area contributed by atoms with Crippen molar-refractivity contribution >= 4 is 0 Å². The number of hydrogen-bond acceptors (Lipinski definition) is 4. The van der Waals surface area contributed by atoms with E-state index in [4.69, 9.17) is 0 Å². The lowest BCUT2D eigenvalue weighted by Crippen LogP contribution is -2.60. The summed E-state index contributed by atoms with van der Waals surface area (Å²) >= 11 is 0. The minimum absolute atomic E-state index is 0.575. The molecule has 0 saturated carbocycles. The van der Waals surface area contributed by atoms with Gasteiger partial charge in [-0.25, -0.2) is 9.97 Å². The van der Waals surface area contributed by atoms with Crippen LogP contribution in [0.1, 0.15) is 5.69 Å². The Bertz CT molecular complexity index is 258. The van der Waals surface area contributed by atoms with Gasteiger partial charge in [0.05, 0.1) is 5.60 Å². The van der Waals surface area contributed by atoms with Crippen molar-refractivity contribution in [2.45, 2.75) is 12.0 Å². The Morgan fingerprint density at radius 1 is 1.58 bits per heavy atom. The summed E-state index contributed by atoms with van der Waals surface area (Å²) < 4.78 is 0. The van der Waals surface area contributed by atoms with Crippen molar-refractivity contribution in [3.05, 3.63) is 24.3 Å². The molecule has 1 aliphatic heterocycles. The van der Waals surface area contributed by atoms with Gasteiger partial charge in [-0.15, -0.1) is 0 Å². The summed E-state index contributed by atoms with van der Waals surface area (Å²) in [5.74, 6) is 0. The quantitative estimate of drug-likeness (QED) is 0.611. The molecule has 2 heterocycles. The highest BCUT2D eigenvalue weighted by Gasteiger charge is 2.34. The van der Waals surface area contributed by atoms with Crippen LogP contribution in [-0.4, -0.2) is 33.8 Å². The molecule has 1 fully saturated rings. The van der Waals surface area contributed by atoms with Crippen LogP contribution in [0.2, 0.25) is 0 Å². The summed E-state index contributed by atoms with van der Waals surface area (Å²) in [6.45, 7) is 1.33. The monoisotopic (exact) mass is 165 g/mol. The van der Waals surface area contributed by atoms with Crippen LogP contribution in [0.5, 0.6) is 0 Å². The summed E-state index contributed by atoms with van der Waals surface area (Å²) in [5, 5.41) is 12.8. The van der Waals surface area contributed by atoms with E-state index in [0.717, 1.165) is 5.69 Å². The summed E-state index contributed by atoms with van der Waals surface area (Å²) in [7, 11) is 0. The zero-order valence-corrected chi connectivity index (χ0v) is 6.70. The van der Waals surface area contributed by atoms with Crippen molar-refractivity contribution in [2.75, 3.05) is 13.1 Å². The van der Waals surface area contributed by atoms with E-state index in [2.05, 4.69) is 15.3 Å². The van der Waals surface area contributed by atoms with Crippen LogP contribution in [0.15, 0.2) is 18.6 Å². The molecule has 0 aromatic carbocycles. The number of hydrogen-bond donors (Lipinski definition) is 2. The number of nitrogens with one attached hydrogen (secondary N) is 1. The fourth-order valence-corrected chi connectivity index (χ4v) is 1.30. The smallest absolute Gasteiger partial charge is 0.115 e. The highest BCUT2D eigenvalue weighted by Crippen LogP contribution is 2.15.